The molecule has 0 amide bonds. The molecule has 1 saturated carbocycles. The van der Waals surface area contributed by atoms with Gasteiger partial charge in [0.05, 0.1) is 5.75 Å². The van der Waals surface area contributed by atoms with E-state index in [1.165, 1.54) is 35.6 Å². The highest BCUT2D eigenvalue weighted by Crippen LogP contribution is 2.26. The van der Waals surface area contributed by atoms with Gasteiger partial charge in [-0.25, -0.2) is 9.89 Å². The van der Waals surface area contributed by atoms with Gasteiger partial charge in [0.25, 0.3) is 0 Å². The normalized spacial score (nSPS) is 17.2. The monoisotopic (exact) mass is 255 g/mol. The Bertz CT molecular complexity index is 446. The molecule has 0 aromatic carbocycles. The summed E-state index contributed by atoms with van der Waals surface area (Å²) in [6.07, 6.45) is 5.65. The first kappa shape index (κ1) is 12.4. The zero-order chi connectivity index (χ0) is 12.3. The molecule has 0 unspecified atom stereocenters. The number of H-pyrrole nitrogens is 1. The number of aromatic amines is 1. The molecule has 5 nitrogen and oxygen atoms in total. The zero-order valence-electron chi connectivity index (χ0n) is 9.94. The van der Waals surface area contributed by atoms with Gasteiger partial charge in [0.2, 0.25) is 0 Å². The third-order valence-electron chi connectivity index (χ3n) is 3.24. The molecule has 0 atom stereocenters. The quantitative estimate of drug-likeness (QED) is 0.825. The van der Waals surface area contributed by atoms with Gasteiger partial charge in [-0.3, -0.25) is 9.36 Å². The molecule has 1 aliphatic carbocycles. The van der Waals surface area contributed by atoms with E-state index in [9.17, 15) is 9.59 Å². The molecule has 2 rings (SSSR count). The van der Waals surface area contributed by atoms with E-state index in [-0.39, 0.29) is 11.6 Å². The number of ketones is 1. The van der Waals surface area contributed by atoms with Crippen LogP contribution in [-0.4, -0.2) is 26.3 Å². The topological polar surface area (TPSA) is 67.8 Å². The standard InChI is InChI=1S/C11H17N3O2S/c1-14-10(16)12-13-11(14)17-7-9(15)8-5-3-2-4-6-8/h8H,2-7H2,1H3,(H,12,16). The van der Waals surface area contributed by atoms with E-state index in [0.717, 1.165) is 12.8 Å². The molecular formula is C11H17N3O2S. The van der Waals surface area contributed by atoms with Gasteiger partial charge in [0.1, 0.15) is 5.78 Å². The number of carbonyl (C=O) groups is 1. The lowest BCUT2D eigenvalue weighted by atomic mass is 9.87. The van der Waals surface area contributed by atoms with Crippen molar-refractivity contribution in [2.75, 3.05) is 5.75 Å². The number of carbonyl (C=O) groups excluding carboxylic acids is 1. The minimum atomic E-state index is -0.238. The van der Waals surface area contributed by atoms with Crippen LogP contribution in [0.15, 0.2) is 9.95 Å². The maximum Gasteiger partial charge on any atom is 0.343 e. The minimum Gasteiger partial charge on any atom is -0.298 e. The molecule has 1 aromatic heterocycles. The van der Waals surface area contributed by atoms with Crippen molar-refractivity contribution >= 4 is 17.5 Å². The fraction of sp³-hybridized carbons (Fsp3) is 0.727. The Hall–Kier alpha value is -1.04. The highest BCUT2D eigenvalue weighted by molar-refractivity contribution is 7.99. The van der Waals surface area contributed by atoms with Crippen LogP contribution in [0.4, 0.5) is 0 Å². The summed E-state index contributed by atoms with van der Waals surface area (Å²) in [4.78, 5) is 23.1. The van der Waals surface area contributed by atoms with Crippen LogP contribution in [0.25, 0.3) is 0 Å². The number of nitrogens with zero attached hydrogens (tertiary/aromatic N) is 2. The summed E-state index contributed by atoms with van der Waals surface area (Å²) in [5, 5.41) is 6.82. The summed E-state index contributed by atoms with van der Waals surface area (Å²) < 4.78 is 1.43. The lowest BCUT2D eigenvalue weighted by Gasteiger charge is -2.19. The molecule has 94 valence electrons. The van der Waals surface area contributed by atoms with E-state index in [4.69, 9.17) is 0 Å². The fourth-order valence-electron chi connectivity index (χ4n) is 2.14. The average Bonchev–Trinajstić information content (AvgIpc) is 2.68. The molecular weight excluding hydrogens is 238 g/mol. The predicted molar refractivity (Wildman–Crippen MR) is 66.1 cm³/mol. The lowest BCUT2D eigenvalue weighted by molar-refractivity contribution is -0.121. The second-order valence-corrected chi connectivity index (χ2v) is 5.40. The zero-order valence-corrected chi connectivity index (χ0v) is 10.8. The number of aromatic nitrogens is 3. The fourth-order valence-corrected chi connectivity index (χ4v) is 3.03. The summed E-state index contributed by atoms with van der Waals surface area (Å²) in [6, 6.07) is 0. The number of nitrogens with one attached hydrogen (secondary N) is 1. The summed E-state index contributed by atoms with van der Waals surface area (Å²) in [5.74, 6) is 0.945. The molecule has 1 aliphatic rings. The minimum absolute atomic E-state index is 0.229. The summed E-state index contributed by atoms with van der Waals surface area (Å²) in [5.41, 5.74) is -0.238. The Morgan fingerprint density at radius 1 is 1.47 bits per heavy atom. The van der Waals surface area contributed by atoms with Crippen molar-refractivity contribution in [3.8, 4) is 0 Å². The van der Waals surface area contributed by atoms with Crippen molar-refractivity contribution in [2.24, 2.45) is 13.0 Å². The van der Waals surface area contributed by atoms with E-state index in [1.807, 2.05) is 0 Å². The first-order valence-corrected chi connectivity index (χ1v) is 6.94. The Morgan fingerprint density at radius 2 is 2.18 bits per heavy atom. The van der Waals surface area contributed by atoms with Crippen molar-refractivity contribution in [3.63, 3.8) is 0 Å². The lowest BCUT2D eigenvalue weighted by Crippen LogP contribution is -2.20. The third-order valence-corrected chi connectivity index (χ3v) is 4.29. The van der Waals surface area contributed by atoms with Crippen molar-refractivity contribution in [2.45, 2.75) is 37.3 Å². The Morgan fingerprint density at radius 3 is 2.76 bits per heavy atom. The van der Waals surface area contributed by atoms with Crippen LogP contribution < -0.4 is 5.69 Å². The van der Waals surface area contributed by atoms with Crippen molar-refractivity contribution in [3.05, 3.63) is 10.5 Å². The number of thioether (sulfide) groups is 1. The van der Waals surface area contributed by atoms with Crippen LogP contribution in [-0.2, 0) is 11.8 Å². The van der Waals surface area contributed by atoms with Gasteiger partial charge in [-0.1, -0.05) is 31.0 Å². The van der Waals surface area contributed by atoms with E-state index < -0.39 is 0 Å². The summed E-state index contributed by atoms with van der Waals surface area (Å²) >= 11 is 1.34. The van der Waals surface area contributed by atoms with Gasteiger partial charge in [0, 0.05) is 13.0 Å². The second-order valence-electron chi connectivity index (χ2n) is 4.46. The van der Waals surface area contributed by atoms with Crippen LogP contribution in [0.2, 0.25) is 0 Å². The van der Waals surface area contributed by atoms with Crippen LogP contribution in [0, 0.1) is 5.92 Å². The Labute approximate surface area is 104 Å². The largest absolute Gasteiger partial charge is 0.343 e. The molecule has 0 spiro atoms. The van der Waals surface area contributed by atoms with E-state index >= 15 is 0 Å². The smallest absolute Gasteiger partial charge is 0.298 e. The highest BCUT2D eigenvalue weighted by atomic mass is 32.2. The van der Waals surface area contributed by atoms with E-state index in [0.29, 0.717) is 16.7 Å². The van der Waals surface area contributed by atoms with E-state index in [2.05, 4.69) is 10.2 Å². The maximum atomic E-state index is 11.9. The molecule has 1 N–H and O–H groups in total. The second kappa shape index (κ2) is 5.53. The van der Waals surface area contributed by atoms with Crippen LogP contribution in [0.1, 0.15) is 32.1 Å². The molecule has 0 bridgehead atoms. The Kier molecular flexibility index (Phi) is 4.04. The van der Waals surface area contributed by atoms with Crippen LogP contribution in [0.5, 0.6) is 0 Å². The highest BCUT2D eigenvalue weighted by Gasteiger charge is 2.21. The summed E-state index contributed by atoms with van der Waals surface area (Å²) in [7, 11) is 1.65. The van der Waals surface area contributed by atoms with Crippen LogP contribution >= 0.6 is 11.8 Å². The predicted octanol–water partition coefficient (Wildman–Crippen LogP) is 1.35. The number of Topliss-reactive ketones (excluding diaryl/α,β-unsaturated/α-hetero) is 1. The van der Waals surface area contributed by atoms with Gasteiger partial charge in [-0.2, -0.15) is 0 Å². The molecule has 1 heterocycles. The first-order valence-electron chi connectivity index (χ1n) is 5.95. The molecule has 6 heteroatoms. The molecule has 17 heavy (non-hydrogen) atoms. The average molecular weight is 255 g/mol. The van der Waals surface area contributed by atoms with Gasteiger partial charge >= 0.3 is 5.69 Å². The van der Waals surface area contributed by atoms with Crippen molar-refractivity contribution < 1.29 is 4.79 Å². The van der Waals surface area contributed by atoms with Gasteiger partial charge < -0.3 is 0 Å². The van der Waals surface area contributed by atoms with Crippen molar-refractivity contribution in [1.82, 2.24) is 14.8 Å². The Balaban J connectivity index is 1.87. The van der Waals surface area contributed by atoms with Crippen LogP contribution in [0.3, 0.4) is 0 Å². The maximum absolute atomic E-state index is 11.9. The van der Waals surface area contributed by atoms with Gasteiger partial charge in [-0.15, -0.1) is 5.10 Å². The first-order chi connectivity index (χ1) is 8.18. The SMILES string of the molecule is Cn1c(SCC(=O)C2CCCCC2)n[nH]c1=O. The van der Waals surface area contributed by atoms with E-state index in [1.54, 1.807) is 7.05 Å². The van der Waals surface area contributed by atoms with Crippen molar-refractivity contribution in [1.29, 1.82) is 0 Å². The molecule has 1 fully saturated rings. The number of hydrogen-bond acceptors (Lipinski definition) is 4. The third kappa shape index (κ3) is 3.00. The molecule has 1 aromatic rings. The number of hydrogen-bond donors (Lipinski definition) is 1. The number of rotatable bonds is 4. The molecule has 0 saturated heterocycles. The summed E-state index contributed by atoms with van der Waals surface area (Å²) in [6.45, 7) is 0. The van der Waals surface area contributed by atoms with Gasteiger partial charge in [0.15, 0.2) is 5.16 Å². The molecule has 0 aliphatic heterocycles. The molecule has 0 radical (unpaired) electrons. The van der Waals surface area contributed by atoms with Gasteiger partial charge in [-0.05, 0) is 12.8 Å².